The number of benzene rings is 1. The molecule has 2 heterocycles. The molecule has 132 valence electrons. The Morgan fingerprint density at radius 3 is 2.33 bits per heavy atom. The van der Waals surface area contributed by atoms with Gasteiger partial charge in [0.1, 0.15) is 6.04 Å². The molecule has 2 fully saturated rings. The Morgan fingerprint density at radius 1 is 1.00 bits per heavy atom. The number of carbonyl (C=O) groups is 1. The molecule has 0 spiro atoms. The zero-order valence-corrected chi connectivity index (χ0v) is 14.7. The number of sulfonamides is 1. The van der Waals surface area contributed by atoms with Crippen LogP contribution in [0.25, 0.3) is 0 Å². The molecule has 0 aliphatic carbocycles. The quantitative estimate of drug-likeness (QED) is 0.884. The van der Waals surface area contributed by atoms with Crippen LogP contribution in [0.4, 0.5) is 0 Å². The third kappa shape index (κ3) is 3.79. The zero-order valence-electron chi connectivity index (χ0n) is 13.9. The lowest BCUT2D eigenvalue weighted by Crippen LogP contribution is -2.58. The van der Waals surface area contributed by atoms with E-state index in [9.17, 15) is 13.2 Å². The molecule has 0 unspecified atom stereocenters. The van der Waals surface area contributed by atoms with E-state index in [1.54, 1.807) is 30.3 Å². The van der Waals surface area contributed by atoms with E-state index >= 15 is 0 Å². The van der Waals surface area contributed by atoms with E-state index in [4.69, 9.17) is 0 Å². The van der Waals surface area contributed by atoms with Crippen molar-refractivity contribution in [1.29, 1.82) is 0 Å². The second-order valence-electron chi connectivity index (χ2n) is 6.42. The molecule has 7 heteroatoms. The summed E-state index contributed by atoms with van der Waals surface area (Å²) >= 11 is 0. The minimum Gasteiger partial charge on any atom is -0.341 e. The SMILES string of the molecule is O=C([C@H]1CN(S(=O)(=O)c2ccccc2)CCN1)N1CCCCCC1. The molecule has 1 atom stereocenters. The van der Waals surface area contributed by atoms with E-state index in [1.165, 1.54) is 4.31 Å². The third-order valence-electron chi connectivity index (χ3n) is 4.73. The van der Waals surface area contributed by atoms with Crippen molar-refractivity contribution in [2.75, 3.05) is 32.7 Å². The first-order valence-electron chi connectivity index (χ1n) is 8.66. The first kappa shape index (κ1) is 17.4. The summed E-state index contributed by atoms with van der Waals surface area (Å²) in [7, 11) is -3.54. The maximum atomic E-state index is 12.8. The van der Waals surface area contributed by atoms with Gasteiger partial charge in [0.2, 0.25) is 15.9 Å². The van der Waals surface area contributed by atoms with Gasteiger partial charge in [-0.25, -0.2) is 8.42 Å². The Hall–Kier alpha value is -1.44. The number of likely N-dealkylation sites (tertiary alicyclic amines) is 1. The van der Waals surface area contributed by atoms with Gasteiger partial charge in [-0.3, -0.25) is 4.79 Å². The fraction of sp³-hybridized carbons (Fsp3) is 0.588. The van der Waals surface area contributed by atoms with Gasteiger partial charge in [-0.2, -0.15) is 4.31 Å². The average Bonchev–Trinajstić information content (AvgIpc) is 2.91. The van der Waals surface area contributed by atoms with Gasteiger partial charge in [0.25, 0.3) is 0 Å². The Morgan fingerprint density at radius 2 is 1.67 bits per heavy atom. The van der Waals surface area contributed by atoms with Crippen molar-refractivity contribution in [3.63, 3.8) is 0 Å². The summed E-state index contributed by atoms with van der Waals surface area (Å²) in [5.41, 5.74) is 0. The maximum absolute atomic E-state index is 12.8. The second kappa shape index (κ2) is 7.63. The van der Waals surface area contributed by atoms with E-state index in [1.807, 2.05) is 4.90 Å². The van der Waals surface area contributed by atoms with E-state index in [-0.39, 0.29) is 17.3 Å². The van der Waals surface area contributed by atoms with Crippen LogP contribution in [0.3, 0.4) is 0 Å². The number of nitrogens with zero attached hydrogens (tertiary/aromatic N) is 2. The molecule has 1 amide bonds. The van der Waals surface area contributed by atoms with E-state index in [0.29, 0.717) is 13.1 Å². The van der Waals surface area contributed by atoms with Gasteiger partial charge in [-0.1, -0.05) is 31.0 Å². The summed E-state index contributed by atoms with van der Waals surface area (Å²) in [5.74, 6) is 0.0323. The van der Waals surface area contributed by atoms with Gasteiger partial charge in [-0.15, -0.1) is 0 Å². The number of nitrogens with one attached hydrogen (secondary N) is 1. The van der Waals surface area contributed by atoms with Crippen molar-refractivity contribution in [2.24, 2.45) is 0 Å². The predicted octanol–water partition coefficient (Wildman–Crippen LogP) is 1.05. The topological polar surface area (TPSA) is 69.7 Å². The molecular formula is C17H25N3O3S. The van der Waals surface area contributed by atoms with Crippen LogP contribution >= 0.6 is 0 Å². The van der Waals surface area contributed by atoms with Crippen molar-refractivity contribution in [2.45, 2.75) is 36.6 Å². The first-order valence-corrected chi connectivity index (χ1v) is 10.1. The van der Waals surface area contributed by atoms with E-state index in [0.717, 1.165) is 38.8 Å². The van der Waals surface area contributed by atoms with Crippen molar-refractivity contribution < 1.29 is 13.2 Å². The summed E-state index contributed by atoms with van der Waals surface area (Å²) < 4.78 is 26.9. The highest BCUT2D eigenvalue weighted by molar-refractivity contribution is 7.89. The molecule has 0 radical (unpaired) electrons. The summed E-state index contributed by atoms with van der Waals surface area (Å²) in [5, 5.41) is 3.19. The zero-order chi connectivity index (χ0) is 17.0. The Kier molecular flexibility index (Phi) is 5.53. The molecule has 2 aliphatic heterocycles. The molecule has 3 rings (SSSR count). The molecule has 0 aromatic heterocycles. The highest BCUT2D eigenvalue weighted by Crippen LogP contribution is 2.18. The largest absolute Gasteiger partial charge is 0.341 e. The number of amides is 1. The van der Waals surface area contributed by atoms with Gasteiger partial charge in [-0.05, 0) is 25.0 Å². The summed E-state index contributed by atoms with van der Waals surface area (Å²) in [6, 6.07) is 7.98. The van der Waals surface area contributed by atoms with Gasteiger partial charge < -0.3 is 10.2 Å². The average molecular weight is 351 g/mol. The van der Waals surface area contributed by atoms with Gasteiger partial charge in [0.05, 0.1) is 4.90 Å². The van der Waals surface area contributed by atoms with Crippen LogP contribution in [-0.4, -0.2) is 62.3 Å². The second-order valence-corrected chi connectivity index (χ2v) is 8.36. The fourth-order valence-corrected chi connectivity index (χ4v) is 4.84. The molecule has 1 aromatic carbocycles. The molecule has 1 N–H and O–H groups in total. The normalized spacial score (nSPS) is 23.7. The van der Waals surface area contributed by atoms with Gasteiger partial charge in [0.15, 0.2) is 0 Å². The Balaban J connectivity index is 1.71. The van der Waals surface area contributed by atoms with Crippen LogP contribution in [0.5, 0.6) is 0 Å². The predicted molar refractivity (Wildman–Crippen MR) is 92.0 cm³/mol. The number of hydrogen-bond acceptors (Lipinski definition) is 4. The van der Waals surface area contributed by atoms with E-state index < -0.39 is 16.1 Å². The summed E-state index contributed by atoms with van der Waals surface area (Å²) in [4.78, 5) is 14.9. The number of hydrogen-bond donors (Lipinski definition) is 1. The molecule has 2 saturated heterocycles. The van der Waals surface area contributed by atoms with E-state index in [2.05, 4.69) is 5.32 Å². The highest BCUT2D eigenvalue weighted by Gasteiger charge is 2.34. The number of rotatable bonds is 3. The molecule has 0 saturated carbocycles. The molecule has 0 bridgehead atoms. The van der Waals surface area contributed by atoms with Crippen LogP contribution in [-0.2, 0) is 14.8 Å². The molecule has 24 heavy (non-hydrogen) atoms. The Labute approximate surface area is 143 Å². The Bertz CT molecular complexity index is 655. The fourth-order valence-electron chi connectivity index (χ4n) is 3.36. The molecule has 6 nitrogen and oxygen atoms in total. The summed E-state index contributed by atoms with van der Waals surface area (Å²) in [6.45, 7) is 2.65. The molecule has 1 aromatic rings. The van der Waals surface area contributed by atoms with Crippen LogP contribution in [0.2, 0.25) is 0 Å². The monoisotopic (exact) mass is 351 g/mol. The van der Waals surface area contributed by atoms with Crippen molar-refractivity contribution in [3.05, 3.63) is 30.3 Å². The lowest BCUT2D eigenvalue weighted by Gasteiger charge is -2.34. The van der Waals surface area contributed by atoms with Crippen LogP contribution < -0.4 is 5.32 Å². The van der Waals surface area contributed by atoms with Crippen LogP contribution in [0, 0.1) is 0 Å². The summed E-state index contributed by atoms with van der Waals surface area (Å²) in [6.07, 6.45) is 4.39. The molecule has 2 aliphatic rings. The van der Waals surface area contributed by atoms with Gasteiger partial charge in [0, 0.05) is 32.7 Å². The minimum absolute atomic E-state index is 0.0323. The van der Waals surface area contributed by atoms with Crippen molar-refractivity contribution in [1.82, 2.24) is 14.5 Å². The lowest BCUT2D eigenvalue weighted by molar-refractivity contribution is -0.134. The standard InChI is InChI=1S/C17H25N3O3S/c21-17(19-11-6-1-2-7-12-19)16-14-20(13-10-18-16)24(22,23)15-8-4-3-5-9-15/h3-5,8-9,16,18H,1-2,6-7,10-14H2/t16-/m1/s1. The smallest absolute Gasteiger partial charge is 0.243 e. The van der Waals surface area contributed by atoms with Crippen molar-refractivity contribution >= 4 is 15.9 Å². The first-order chi connectivity index (χ1) is 11.6. The third-order valence-corrected chi connectivity index (χ3v) is 6.61. The number of piperazine rings is 1. The molecular weight excluding hydrogens is 326 g/mol. The highest BCUT2D eigenvalue weighted by atomic mass is 32.2. The van der Waals surface area contributed by atoms with Crippen molar-refractivity contribution in [3.8, 4) is 0 Å². The van der Waals surface area contributed by atoms with Crippen LogP contribution in [0.1, 0.15) is 25.7 Å². The van der Waals surface area contributed by atoms with Gasteiger partial charge >= 0.3 is 0 Å². The van der Waals surface area contributed by atoms with Crippen LogP contribution in [0.15, 0.2) is 35.2 Å². The number of carbonyl (C=O) groups excluding carboxylic acids is 1. The minimum atomic E-state index is -3.54. The maximum Gasteiger partial charge on any atom is 0.243 e. The lowest BCUT2D eigenvalue weighted by atomic mass is 10.2.